The lowest BCUT2D eigenvalue weighted by Crippen LogP contribution is -1.96. The average molecular weight is 458 g/mol. The van der Waals surface area contributed by atoms with Crippen molar-refractivity contribution in [1.82, 2.24) is 0 Å². The first kappa shape index (κ1) is 14.8. The predicted molar refractivity (Wildman–Crippen MR) is 107 cm³/mol. The van der Waals surface area contributed by atoms with E-state index in [4.69, 9.17) is 4.74 Å². The zero-order chi connectivity index (χ0) is 16.3. The van der Waals surface area contributed by atoms with Crippen LogP contribution in [-0.2, 0) is 0 Å². The fraction of sp³-hybridized carbons (Fsp3) is 0. The zero-order valence-corrected chi connectivity index (χ0v) is 16.3. The van der Waals surface area contributed by atoms with Crippen molar-refractivity contribution in [3.63, 3.8) is 0 Å². The van der Waals surface area contributed by atoms with Gasteiger partial charge in [0, 0.05) is 8.95 Å². The van der Waals surface area contributed by atoms with E-state index >= 15 is 0 Å². The molecule has 1 nitrogen and oxygen atoms in total. The highest BCUT2D eigenvalue weighted by atomic mass is 79.9. The summed E-state index contributed by atoms with van der Waals surface area (Å²) in [4.78, 5) is 2.37. The summed E-state index contributed by atoms with van der Waals surface area (Å²) in [6.07, 6.45) is 0. The molecule has 4 aromatic carbocycles. The summed E-state index contributed by atoms with van der Waals surface area (Å²) < 4.78 is 8.39. The van der Waals surface area contributed by atoms with Crippen molar-refractivity contribution >= 4 is 65.2 Å². The normalized spacial score (nSPS) is 12.8. The molecule has 0 aromatic heterocycles. The van der Waals surface area contributed by atoms with Gasteiger partial charge < -0.3 is 4.74 Å². The Kier molecular flexibility index (Phi) is 3.40. The van der Waals surface area contributed by atoms with Gasteiger partial charge in [0.25, 0.3) is 0 Å². The molecule has 0 spiro atoms. The van der Waals surface area contributed by atoms with Gasteiger partial charge in [0.05, 0.1) is 9.79 Å². The molecule has 0 fully saturated rings. The van der Waals surface area contributed by atoms with Crippen molar-refractivity contribution in [3.05, 3.63) is 69.6 Å². The first-order valence-corrected chi connectivity index (χ1v) is 9.89. The van der Waals surface area contributed by atoms with Gasteiger partial charge in [0.1, 0.15) is 11.5 Å². The maximum absolute atomic E-state index is 6.21. The molecule has 0 atom stereocenters. The maximum atomic E-state index is 6.21. The van der Waals surface area contributed by atoms with Crippen molar-refractivity contribution in [1.29, 1.82) is 0 Å². The van der Waals surface area contributed by atoms with Gasteiger partial charge in [-0.25, -0.2) is 0 Å². The molecule has 4 heteroatoms. The Morgan fingerprint density at radius 2 is 1.12 bits per heavy atom. The number of hydrogen-bond acceptors (Lipinski definition) is 2. The highest BCUT2D eigenvalue weighted by Gasteiger charge is 2.22. The van der Waals surface area contributed by atoms with E-state index in [0.717, 1.165) is 20.4 Å². The molecular weight excluding hydrogens is 448 g/mol. The van der Waals surface area contributed by atoms with Gasteiger partial charge in [-0.05, 0) is 57.9 Å². The number of hydrogen-bond donors (Lipinski definition) is 0. The third-order valence-corrected chi connectivity index (χ3v) is 6.45. The Balaban J connectivity index is 1.76. The molecule has 116 valence electrons. The van der Waals surface area contributed by atoms with E-state index in [2.05, 4.69) is 92.5 Å². The van der Waals surface area contributed by atoms with Crippen LogP contribution < -0.4 is 4.74 Å². The molecule has 0 amide bonds. The largest absolute Gasteiger partial charge is 0.455 e. The lowest BCUT2D eigenvalue weighted by molar-refractivity contribution is 0.458. The van der Waals surface area contributed by atoms with Crippen LogP contribution in [0.4, 0.5) is 0 Å². The van der Waals surface area contributed by atoms with Crippen LogP contribution in [0.2, 0.25) is 0 Å². The summed E-state index contributed by atoms with van der Waals surface area (Å²) in [6.45, 7) is 0. The fourth-order valence-corrected chi connectivity index (χ4v) is 5.07. The fourth-order valence-electron chi connectivity index (χ4n) is 3.10. The van der Waals surface area contributed by atoms with Gasteiger partial charge in [0.15, 0.2) is 0 Å². The van der Waals surface area contributed by atoms with E-state index in [1.165, 1.54) is 31.3 Å². The highest BCUT2D eigenvalue weighted by Crippen LogP contribution is 2.52. The Hall–Kier alpha value is -1.49. The third-order valence-electron chi connectivity index (χ3n) is 4.22. The second-order valence-corrected chi connectivity index (χ2v) is 8.57. The summed E-state index contributed by atoms with van der Waals surface area (Å²) >= 11 is 8.90. The predicted octanol–water partition coefficient (Wildman–Crippen LogP) is 7.77. The lowest BCUT2D eigenvalue weighted by atomic mass is 10.1. The number of halogens is 2. The first-order valence-electron chi connectivity index (χ1n) is 7.49. The number of ether oxygens (including phenoxy) is 1. The van der Waals surface area contributed by atoms with E-state index < -0.39 is 0 Å². The topological polar surface area (TPSA) is 9.23 Å². The van der Waals surface area contributed by atoms with Crippen LogP contribution in [0, 0.1) is 0 Å². The molecular formula is C20H10Br2OS. The van der Waals surface area contributed by atoms with E-state index in [1.807, 2.05) is 0 Å². The molecule has 0 saturated heterocycles. The summed E-state index contributed by atoms with van der Waals surface area (Å²) in [6, 6.07) is 21.1. The molecule has 0 radical (unpaired) electrons. The van der Waals surface area contributed by atoms with Crippen LogP contribution in [0.15, 0.2) is 79.4 Å². The lowest BCUT2D eigenvalue weighted by Gasteiger charge is -2.22. The molecule has 24 heavy (non-hydrogen) atoms. The summed E-state index contributed by atoms with van der Waals surface area (Å²) in [5.74, 6) is 1.86. The van der Waals surface area contributed by atoms with Crippen molar-refractivity contribution < 1.29 is 4.74 Å². The van der Waals surface area contributed by atoms with Crippen LogP contribution >= 0.6 is 43.6 Å². The van der Waals surface area contributed by atoms with Crippen molar-refractivity contribution in [2.24, 2.45) is 0 Å². The molecule has 0 N–H and O–H groups in total. The monoisotopic (exact) mass is 456 g/mol. The van der Waals surface area contributed by atoms with E-state index in [1.54, 1.807) is 11.8 Å². The standard InChI is InChI=1S/C20H10Br2OS/c21-13-3-5-15-11(9-13)1-7-17-19(15)24-20-16-6-4-14(22)10-12(16)2-8-18(20)23-17/h1-10H. The van der Waals surface area contributed by atoms with Crippen molar-refractivity contribution in [2.75, 3.05) is 0 Å². The molecule has 1 aliphatic heterocycles. The average Bonchev–Trinajstić information content (AvgIpc) is 2.59. The van der Waals surface area contributed by atoms with Crippen molar-refractivity contribution in [3.8, 4) is 11.5 Å². The summed E-state index contributed by atoms with van der Waals surface area (Å²) in [5, 5.41) is 4.87. The minimum absolute atomic E-state index is 0.929. The minimum atomic E-state index is 0.929. The molecule has 0 saturated carbocycles. The second kappa shape index (κ2) is 5.51. The van der Waals surface area contributed by atoms with Crippen LogP contribution in [-0.4, -0.2) is 0 Å². The van der Waals surface area contributed by atoms with Crippen LogP contribution in [0.5, 0.6) is 11.5 Å². The summed E-state index contributed by atoms with van der Waals surface area (Å²) in [5.41, 5.74) is 0. The van der Waals surface area contributed by atoms with Gasteiger partial charge in [-0.3, -0.25) is 0 Å². The molecule has 1 heterocycles. The van der Waals surface area contributed by atoms with Gasteiger partial charge >= 0.3 is 0 Å². The third kappa shape index (κ3) is 2.28. The van der Waals surface area contributed by atoms with Crippen LogP contribution in [0.1, 0.15) is 0 Å². The minimum Gasteiger partial charge on any atom is -0.455 e. The Morgan fingerprint density at radius 1 is 0.625 bits per heavy atom. The summed E-state index contributed by atoms with van der Waals surface area (Å²) in [7, 11) is 0. The van der Waals surface area contributed by atoms with E-state index in [0.29, 0.717) is 0 Å². The van der Waals surface area contributed by atoms with Crippen molar-refractivity contribution in [2.45, 2.75) is 9.79 Å². The molecule has 4 aromatic rings. The van der Waals surface area contributed by atoms with E-state index in [-0.39, 0.29) is 0 Å². The van der Waals surface area contributed by atoms with E-state index in [9.17, 15) is 0 Å². The Labute approximate surface area is 160 Å². The Bertz CT molecular complexity index is 1050. The first-order chi connectivity index (χ1) is 11.7. The van der Waals surface area contributed by atoms with Crippen LogP contribution in [0.3, 0.4) is 0 Å². The quantitative estimate of drug-likeness (QED) is 0.235. The van der Waals surface area contributed by atoms with Gasteiger partial charge in [-0.15, -0.1) is 0 Å². The zero-order valence-electron chi connectivity index (χ0n) is 12.3. The molecule has 0 aliphatic carbocycles. The Morgan fingerprint density at radius 3 is 1.62 bits per heavy atom. The molecule has 1 aliphatic rings. The van der Waals surface area contributed by atoms with Gasteiger partial charge in [0.2, 0.25) is 0 Å². The van der Waals surface area contributed by atoms with Crippen LogP contribution in [0.25, 0.3) is 21.5 Å². The second-order valence-electron chi connectivity index (χ2n) is 5.72. The van der Waals surface area contributed by atoms with Gasteiger partial charge in [-0.2, -0.15) is 0 Å². The number of fused-ring (bicyclic) bond motifs is 6. The SMILES string of the molecule is Brc1ccc2c3c(ccc2c1)Oc1ccc2cc(Br)ccc2c1S3. The molecule has 0 bridgehead atoms. The smallest absolute Gasteiger partial charge is 0.142 e. The number of rotatable bonds is 0. The molecule has 0 unspecified atom stereocenters. The maximum Gasteiger partial charge on any atom is 0.142 e. The molecule has 5 rings (SSSR count). The highest BCUT2D eigenvalue weighted by molar-refractivity contribution is 9.10. The van der Waals surface area contributed by atoms with Gasteiger partial charge in [-0.1, -0.05) is 67.9 Å². The number of benzene rings is 4.